The minimum absolute atomic E-state index is 0.136. The van der Waals surface area contributed by atoms with Crippen LogP contribution in [0.25, 0.3) is 89.0 Å². The highest BCUT2D eigenvalue weighted by atomic mass is 15.2. The van der Waals surface area contributed by atoms with E-state index in [1.165, 1.54) is 94.3 Å². The highest BCUT2D eigenvalue weighted by Gasteiger charge is 2.44. The van der Waals surface area contributed by atoms with Gasteiger partial charge in [0, 0.05) is 34.1 Å². The Morgan fingerprint density at radius 3 is 1.05 bits per heavy atom. The molecule has 2 heterocycles. The molecule has 13 aromatic rings. The van der Waals surface area contributed by atoms with Crippen LogP contribution in [0.5, 0.6) is 0 Å². The molecule has 0 fully saturated rings. The van der Waals surface area contributed by atoms with Gasteiger partial charge in [-0.15, -0.1) is 0 Å². The van der Waals surface area contributed by atoms with Crippen molar-refractivity contribution in [2.45, 2.75) is 20.8 Å². The molecule has 0 aliphatic carbocycles. The Morgan fingerprint density at radius 2 is 0.619 bits per heavy atom. The Morgan fingerprint density at radius 1 is 0.238 bits per heavy atom. The summed E-state index contributed by atoms with van der Waals surface area (Å²) >= 11 is 0. The third-order valence-corrected chi connectivity index (χ3v) is 17.2. The van der Waals surface area contributed by atoms with Crippen LogP contribution in [0.2, 0.25) is 0 Å². The fourth-order valence-electron chi connectivity index (χ4n) is 13.7. The van der Waals surface area contributed by atoms with Crippen LogP contribution in [-0.4, -0.2) is 6.71 Å². The molecule has 13 aromatic carbocycles. The van der Waals surface area contributed by atoms with Crippen LogP contribution in [-0.2, 0) is 0 Å². The maximum Gasteiger partial charge on any atom is 0.252 e. The van der Waals surface area contributed by atoms with Crippen molar-refractivity contribution in [2.75, 3.05) is 9.80 Å². The third kappa shape index (κ3) is 8.94. The highest BCUT2D eigenvalue weighted by molar-refractivity contribution is 7.00. The number of fused-ring (bicyclic) bond motifs is 4. The second-order valence-corrected chi connectivity index (χ2v) is 22.6. The molecular weight excluding hydrogens is 1010 g/mol. The number of hydrogen-bond acceptors (Lipinski definition) is 2. The van der Waals surface area contributed by atoms with Crippen LogP contribution in [0.15, 0.2) is 303 Å². The van der Waals surface area contributed by atoms with E-state index >= 15 is 0 Å². The Bertz CT molecular complexity index is 4400. The van der Waals surface area contributed by atoms with Crippen molar-refractivity contribution in [1.82, 2.24) is 0 Å². The Balaban J connectivity index is 1.10. The second-order valence-electron chi connectivity index (χ2n) is 22.6. The van der Waals surface area contributed by atoms with Gasteiger partial charge < -0.3 is 9.80 Å². The molecule has 0 amide bonds. The predicted octanol–water partition coefficient (Wildman–Crippen LogP) is 20.0. The van der Waals surface area contributed by atoms with Crippen molar-refractivity contribution >= 4 is 57.2 Å². The summed E-state index contributed by atoms with van der Waals surface area (Å²) in [6.45, 7) is 6.62. The standard InChI is InChI=1S/C81H59BN2/c1-54-43-55(2)79(56(3)44-54)63-41-42-76-74(51-63)82-73-39-22-23-40-75(73)83(69-47-64(57-25-10-4-11-26-57)45-65(48-69)58-27-12-5-13-28-58)77-52-68(80-71(61-33-18-8-19-34-61)37-24-38-72(80)62-35-20-9-21-36-62)53-78(81(77)82)84(76)70-49-66(59-29-14-6-15-30-59)46-67(50-70)60-31-16-7-17-32-60/h4-53H,1-3H3. The molecule has 0 unspecified atom stereocenters. The number of rotatable bonds is 10. The van der Waals surface area contributed by atoms with E-state index in [2.05, 4.69) is 334 Å². The fourth-order valence-corrected chi connectivity index (χ4v) is 13.7. The topological polar surface area (TPSA) is 6.48 Å². The van der Waals surface area contributed by atoms with Gasteiger partial charge >= 0.3 is 0 Å². The van der Waals surface area contributed by atoms with E-state index in [9.17, 15) is 0 Å². The summed E-state index contributed by atoms with van der Waals surface area (Å²) in [4.78, 5) is 5.21. The van der Waals surface area contributed by atoms with Gasteiger partial charge in [-0.05, 0) is 198 Å². The van der Waals surface area contributed by atoms with Gasteiger partial charge in [-0.2, -0.15) is 0 Å². The SMILES string of the molecule is Cc1cc(C)c(-c2ccc3c(c2)B2c4ccccc4N(c4cc(-c5ccccc5)cc(-c5ccccc5)c4)c4cc(-c5c(-c6ccccc6)cccc5-c5ccccc5)cc(c42)N3c2cc(-c3ccccc3)cc(-c3ccccc3)c2)c(C)c1. The van der Waals surface area contributed by atoms with E-state index in [0.29, 0.717) is 0 Å². The molecule has 0 saturated carbocycles. The van der Waals surface area contributed by atoms with Gasteiger partial charge in [0.05, 0.1) is 0 Å². The summed E-state index contributed by atoms with van der Waals surface area (Å²) in [5.41, 5.74) is 33.2. The summed E-state index contributed by atoms with van der Waals surface area (Å²) in [7, 11) is 0. The molecule has 0 bridgehead atoms. The van der Waals surface area contributed by atoms with Crippen molar-refractivity contribution < 1.29 is 0 Å². The van der Waals surface area contributed by atoms with E-state index in [-0.39, 0.29) is 6.71 Å². The van der Waals surface area contributed by atoms with E-state index in [1.807, 2.05) is 0 Å². The molecule has 0 radical (unpaired) electrons. The third-order valence-electron chi connectivity index (χ3n) is 17.2. The van der Waals surface area contributed by atoms with Gasteiger partial charge in [0.2, 0.25) is 0 Å². The second kappa shape index (κ2) is 21.1. The lowest BCUT2D eigenvalue weighted by Gasteiger charge is -2.45. The maximum absolute atomic E-state index is 2.61. The van der Waals surface area contributed by atoms with Crippen molar-refractivity contribution in [3.63, 3.8) is 0 Å². The normalized spacial score (nSPS) is 12.2. The van der Waals surface area contributed by atoms with Crippen molar-refractivity contribution in [3.05, 3.63) is 320 Å². The van der Waals surface area contributed by atoms with Crippen molar-refractivity contribution in [2.24, 2.45) is 0 Å². The maximum atomic E-state index is 2.61. The highest BCUT2D eigenvalue weighted by Crippen LogP contribution is 2.51. The fraction of sp³-hybridized carbons (Fsp3) is 0.0370. The molecule has 2 aliphatic heterocycles. The lowest BCUT2D eigenvalue weighted by atomic mass is 9.33. The molecule has 15 rings (SSSR count). The molecule has 396 valence electrons. The van der Waals surface area contributed by atoms with E-state index < -0.39 is 0 Å². The summed E-state index contributed by atoms with van der Waals surface area (Å²) in [6, 6.07) is 113. The van der Waals surface area contributed by atoms with Gasteiger partial charge in [-0.1, -0.05) is 248 Å². The monoisotopic (exact) mass is 1070 g/mol. The van der Waals surface area contributed by atoms with Gasteiger partial charge in [0.25, 0.3) is 6.71 Å². The van der Waals surface area contributed by atoms with Crippen molar-refractivity contribution in [1.29, 1.82) is 0 Å². The number of aryl methyl sites for hydroxylation is 3. The number of benzene rings is 13. The molecule has 0 N–H and O–H groups in total. The molecule has 0 aromatic heterocycles. The van der Waals surface area contributed by atoms with Gasteiger partial charge in [-0.25, -0.2) is 0 Å². The van der Waals surface area contributed by atoms with E-state index in [4.69, 9.17) is 0 Å². The zero-order valence-electron chi connectivity index (χ0n) is 47.3. The molecule has 2 aliphatic rings. The lowest BCUT2D eigenvalue weighted by molar-refractivity contribution is 1.25. The zero-order chi connectivity index (χ0) is 56.3. The first-order valence-corrected chi connectivity index (χ1v) is 29.3. The first kappa shape index (κ1) is 50.5. The van der Waals surface area contributed by atoms with Gasteiger partial charge in [0.15, 0.2) is 0 Å². The Kier molecular flexibility index (Phi) is 12.7. The Labute approximate surface area is 494 Å². The molecule has 0 saturated heterocycles. The molecule has 2 nitrogen and oxygen atoms in total. The largest absolute Gasteiger partial charge is 0.311 e. The quantitative estimate of drug-likeness (QED) is 0.126. The van der Waals surface area contributed by atoms with Gasteiger partial charge in [0.1, 0.15) is 0 Å². The Hall–Kier alpha value is -10.5. The van der Waals surface area contributed by atoms with Crippen LogP contribution in [0.1, 0.15) is 16.7 Å². The number of anilines is 6. The van der Waals surface area contributed by atoms with Crippen LogP contribution in [0.4, 0.5) is 34.1 Å². The molecule has 0 spiro atoms. The molecular formula is C81H59BN2. The van der Waals surface area contributed by atoms with Crippen LogP contribution in [0, 0.1) is 20.8 Å². The predicted molar refractivity (Wildman–Crippen MR) is 358 cm³/mol. The van der Waals surface area contributed by atoms with Crippen LogP contribution in [0.3, 0.4) is 0 Å². The van der Waals surface area contributed by atoms with E-state index in [0.717, 1.165) is 61.9 Å². The van der Waals surface area contributed by atoms with Gasteiger partial charge in [-0.3, -0.25) is 0 Å². The summed E-state index contributed by atoms with van der Waals surface area (Å²) in [5.74, 6) is 0. The van der Waals surface area contributed by atoms with Crippen molar-refractivity contribution in [3.8, 4) is 89.0 Å². The lowest BCUT2D eigenvalue weighted by Crippen LogP contribution is -2.61. The minimum Gasteiger partial charge on any atom is -0.311 e. The molecule has 3 heteroatoms. The summed E-state index contributed by atoms with van der Waals surface area (Å²) < 4.78 is 0. The van der Waals surface area contributed by atoms with Crippen LogP contribution < -0.4 is 26.2 Å². The first-order chi connectivity index (χ1) is 41.4. The van der Waals surface area contributed by atoms with E-state index in [1.54, 1.807) is 0 Å². The summed E-state index contributed by atoms with van der Waals surface area (Å²) in [6.07, 6.45) is 0. The summed E-state index contributed by atoms with van der Waals surface area (Å²) in [5, 5.41) is 0. The minimum atomic E-state index is -0.136. The number of hydrogen-bond donors (Lipinski definition) is 0. The van der Waals surface area contributed by atoms with Crippen LogP contribution >= 0.6 is 0 Å². The smallest absolute Gasteiger partial charge is 0.252 e. The average Bonchev–Trinajstić information content (AvgIpc) is 2.70. The first-order valence-electron chi connectivity index (χ1n) is 29.3. The zero-order valence-corrected chi connectivity index (χ0v) is 47.3. The average molecular weight is 1070 g/mol. The molecule has 84 heavy (non-hydrogen) atoms. The molecule has 0 atom stereocenters. The number of nitrogens with zero attached hydrogens (tertiary/aromatic N) is 2. The number of para-hydroxylation sites is 1.